The lowest BCUT2D eigenvalue weighted by molar-refractivity contribution is -0.150. The molecule has 0 radical (unpaired) electrons. The first-order valence-corrected chi connectivity index (χ1v) is 21.3. The van der Waals surface area contributed by atoms with Gasteiger partial charge < -0.3 is 9.84 Å². The van der Waals surface area contributed by atoms with Crippen LogP contribution in [0.5, 0.6) is 0 Å². The average Bonchev–Trinajstić information content (AvgIpc) is 3.07. The zero-order chi connectivity index (χ0) is 35.0. The van der Waals surface area contributed by atoms with Crippen LogP contribution in [0.2, 0.25) is 0 Å². The SMILES string of the molecule is CCCCC/C=C\C/C=C\CCCCCCCCCCCC(=O)OC(CCCCCC)CCCCCCCCCCCCCCC(=O)O. The number of unbranched alkanes of at least 4 members (excludes halogenated alkanes) is 26. The molecule has 4 heteroatoms. The van der Waals surface area contributed by atoms with Gasteiger partial charge in [-0.1, -0.05) is 179 Å². The molecule has 282 valence electrons. The van der Waals surface area contributed by atoms with E-state index in [-0.39, 0.29) is 12.1 Å². The number of carboxylic acid groups (broad SMARTS) is 1. The Kier molecular flexibility index (Phi) is 38.5. The smallest absolute Gasteiger partial charge is 0.306 e. The number of carbonyl (C=O) groups is 2. The summed E-state index contributed by atoms with van der Waals surface area (Å²) in [5.74, 6) is -0.632. The summed E-state index contributed by atoms with van der Waals surface area (Å²) in [5, 5.41) is 8.69. The summed E-state index contributed by atoms with van der Waals surface area (Å²) in [5.41, 5.74) is 0. The molecule has 0 aliphatic carbocycles. The van der Waals surface area contributed by atoms with Crippen molar-refractivity contribution in [3.63, 3.8) is 0 Å². The predicted molar refractivity (Wildman–Crippen MR) is 209 cm³/mol. The third-order valence-corrected chi connectivity index (χ3v) is 9.68. The van der Waals surface area contributed by atoms with Crippen LogP contribution in [0.15, 0.2) is 24.3 Å². The summed E-state index contributed by atoms with van der Waals surface area (Å²) < 4.78 is 6.01. The predicted octanol–water partition coefficient (Wildman–Crippen LogP) is 14.8. The van der Waals surface area contributed by atoms with Gasteiger partial charge in [-0.15, -0.1) is 0 Å². The van der Waals surface area contributed by atoms with Gasteiger partial charge >= 0.3 is 11.9 Å². The van der Waals surface area contributed by atoms with E-state index in [0.29, 0.717) is 12.8 Å². The van der Waals surface area contributed by atoms with Crippen LogP contribution in [0, 0.1) is 0 Å². The van der Waals surface area contributed by atoms with Gasteiger partial charge in [0.25, 0.3) is 0 Å². The fraction of sp³-hybridized carbons (Fsp3) is 0.864. The third-order valence-electron chi connectivity index (χ3n) is 9.68. The molecular formula is C44H82O4. The molecule has 0 amide bonds. The van der Waals surface area contributed by atoms with E-state index in [4.69, 9.17) is 9.84 Å². The molecule has 0 bridgehead atoms. The number of allylic oxidation sites excluding steroid dienone is 4. The Morgan fingerprint density at radius 3 is 1.27 bits per heavy atom. The van der Waals surface area contributed by atoms with Crippen molar-refractivity contribution in [3.8, 4) is 0 Å². The van der Waals surface area contributed by atoms with Crippen molar-refractivity contribution in [1.82, 2.24) is 0 Å². The van der Waals surface area contributed by atoms with Crippen molar-refractivity contribution in [2.75, 3.05) is 0 Å². The van der Waals surface area contributed by atoms with Crippen LogP contribution < -0.4 is 0 Å². The highest BCUT2D eigenvalue weighted by atomic mass is 16.5. The van der Waals surface area contributed by atoms with Crippen molar-refractivity contribution >= 4 is 11.9 Å². The maximum absolute atomic E-state index is 12.6. The Hall–Kier alpha value is -1.58. The monoisotopic (exact) mass is 675 g/mol. The van der Waals surface area contributed by atoms with Crippen LogP contribution in [0.3, 0.4) is 0 Å². The van der Waals surface area contributed by atoms with Gasteiger partial charge in [-0.3, -0.25) is 9.59 Å². The number of carboxylic acids is 1. The van der Waals surface area contributed by atoms with Crippen LogP contribution >= 0.6 is 0 Å². The van der Waals surface area contributed by atoms with Crippen LogP contribution in [-0.4, -0.2) is 23.1 Å². The number of hydrogen-bond acceptors (Lipinski definition) is 3. The number of rotatable bonds is 39. The highest BCUT2D eigenvalue weighted by Crippen LogP contribution is 2.19. The standard InChI is InChI=1S/C44H82O4/c1-3-5-7-9-10-11-12-13-14-15-16-17-18-19-24-27-30-33-37-41-44(47)48-42(38-34-8-6-4-2)39-35-31-28-25-22-20-21-23-26-29-32-36-40-43(45)46/h10-11,13-14,42H,3-9,12,15-41H2,1-2H3,(H,45,46)/b11-10-,14-13-. The molecule has 1 N–H and O–H groups in total. The Labute approximate surface area is 299 Å². The Bertz CT molecular complexity index is 727. The summed E-state index contributed by atoms with van der Waals surface area (Å²) >= 11 is 0. The summed E-state index contributed by atoms with van der Waals surface area (Å²) in [6.45, 7) is 4.51. The molecule has 0 fully saturated rings. The largest absolute Gasteiger partial charge is 0.481 e. The van der Waals surface area contributed by atoms with E-state index in [1.165, 1.54) is 167 Å². The number of aliphatic carboxylic acids is 1. The number of hydrogen-bond donors (Lipinski definition) is 1. The fourth-order valence-electron chi connectivity index (χ4n) is 6.51. The van der Waals surface area contributed by atoms with E-state index in [1.807, 2.05) is 0 Å². The number of esters is 1. The molecular weight excluding hydrogens is 592 g/mol. The highest BCUT2D eigenvalue weighted by molar-refractivity contribution is 5.69. The van der Waals surface area contributed by atoms with E-state index in [0.717, 1.165) is 44.9 Å². The van der Waals surface area contributed by atoms with Crippen molar-refractivity contribution in [1.29, 1.82) is 0 Å². The molecule has 0 aromatic carbocycles. The van der Waals surface area contributed by atoms with Crippen LogP contribution in [0.25, 0.3) is 0 Å². The van der Waals surface area contributed by atoms with Crippen LogP contribution in [-0.2, 0) is 14.3 Å². The van der Waals surface area contributed by atoms with E-state index in [9.17, 15) is 9.59 Å². The molecule has 4 nitrogen and oxygen atoms in total. The van der Waals surface area contributed by atoms with Crippen molar-refractivity contribution in [3.05, 3.63) is 24.3 Å². The zero-order valence-electron chi connectivity index (χ0n) is 32.3. The minimum atomic E-state index is -0.669. The molecule has 0 saturated heterocycles. The molecule has 0 saturated carbocycles. The Balaban J connectivity index is 3.76. The summed E-state index contributed by atoms with van der Waals surface area (Å²) in [7, 11) is 0. The lowest BCUT2D eigenvalue weighted by Gasteiger charge is -2.18. The van der Waals surface area contributed by atoms with Crippen LogP contribution in [0.1, 0.15) is 239 Å². The first kappa shape index (κ1) is 46.4. The molecule has 0 rings (SSSR count). The second kappa shape index (κ2) is 39.9. The summed E-state index contributed by atoms with van der Waals surface area (Å²) in [6, 6.07) is 0. The topological polar surface area (TPSA) is 63.6 Å². The zero-order valence-corrected chi connectivity index (χ0v) is 32.3. The van der Waals surface area contributed by atoms with E-state index < -0.39 is 5.97 Å². The van der Waals surface area contributed by atoms with Gasteiger partial charge in [0.1, 0.15) is 6.10 Å². The summed E-state index contributed by atoms with van der Waals surface area (Å²) in [6.07, 6.45) is 50.9. The van der Waals surface area contributed by atoms with Gasteiger partial charge in [0.2, 0.25) is 0 Å². The van der Waals surface area contributed by atoms with E-state index in [1.54, 1.807) is 0 Å². The second-order valence-corrected chi connectivity index (χ2v) is 14.5. The molecule has 1 atom stereocenters. The normalized spacial score (nSPS) is 12.4. The van der Waals surface area contributed by atoms with Crippen molar-refractivity contribution in [2.45, 2.75) is 245 Å². The second-order valence-electron chi connectivity index (χ2n) is 14.5. The maximum Gasteiger partial charge on any atom is 0.306 e. The first-order chi connectivity index (χ1) is 23.6. The van der Waals surface area contributed by atoms with Gasteiger partial charge in [0.05, 0.1) is 0 Å². The molecule has 0 aliphatic rings. The average molecular weight is 675 g/mol. The molecule has 0 aliphatic heterocycles. The van der Waals surface area contributed by atoms with Gasteiger partial charge in [-0.2, -0.15) is 0 Å². The number of carbonyl (C=O) groups excluding carboxylic acids is 1. The van der Waals surface area contributed by atoms with Crippen molar-refractivity contribution in [2.24, 2.45) is 0 Å². The molecule has 0 spiro atoms. The highest BCUT2D eigenvalue weighted by Gasteiger charge is 2.14. The lowest BCUT2D eigenvalue weighted by Crippen LogP contribution is -2.18. The van der Waals surface area contributed by atoms with E-state index >= 15 is 0 Å². The molecule has 1 unspecified atom stereocenters. The third kappa shape index (κ3) is 38.9. The maximum atomic E-state index is 12.6. The van der Waals surface area contributed by atoms with Gasteiger partial charge in [0.15, 0.2) is 0 Å². The lowest BCUT2D eigenvalue weighted by atomic mass is 10.0. The molecule has 48 heavy (non-hydrogen) atoms. The van der Waals surface area contributed by atoms with Crippen molar-refractivity contribution < 1.29 is 19.4 Å². The van der Waals surface area contributed by atoms with Gasteiger partial charge in [-0.25, -0.2) is 0 Å². The molecule has 0 aromatic rings. The first-order valence-electron chi connectivity index (χ1n) is 21.3. The summed E-state index contributed by atoms with van der Waals surface area (Å²) in [4.78, 5) is 23.2. The minimum Gasteiger partial charge on any atom is -0.481 e. The Morgan fingerprint density at radius 2 is 0.812 bits per heavy atom. The fourth-order valence-corrected chi connectivity index (χ4v) is 6.51. The van der Waals surface area contributed by atoms with Gasteiger partial charge in [0, 0.05) is 12.8 Å². The molecule has 0 heterocycles. The Morgan fingerprint density at radius 1 is 0.458 bits per heavy atom. The van der Waals surface area contributed by atoms with Gasteiger partial charge in [-0.05, 0) is 70.6 Å². The minimum absolute atomic E-state index is 0.0365. The van der Waals surface area contributed by atoms with Crippen LogP contribution in [0.4, 0.5) is 0 Å². The number of ether oxygens (including phenoxy) is 1. The molecule has 0 aromatic heterocycles. The quantitative estimate of drug-likeness (QED) is 0.0400. The van der Waals surface area contributed by atoms with E-state index in [2.05, 4.69) is 38.2 Å².